The summed E-state index contributed by atoms with van der Waals surface area (Å²) in [7, 11) is 1.30. The molecule has 1 heterocycles. The lowest BCUT2D eigenvalue weighted by Gasteiger charge is -2.19. The molecule has 1 aromatic carbocycles. The van der Waals surface area contributed by atoms with Crippen LogP contribution < -0.4 is 0 Å². The van der Waals surface area contributed by atoms with E-state index in [1.165, 1.54) is 19.2 Å². The average Bonchev–Trinajstić information content (AvgIpc) is 3.01. The van der Waals surface area contributed by atoms with Crippen molar-refractivity contribution < 1.29 is 31.7 Å². The zero-order chi connectivity index (χ0) is 17.9. The molecule has 0 aliphatic rings. The molecule has 0 saturated carbocycles. The van der Waals surface area contributed by atoms with E-state index in [4.69, 9.17) is 4.84 Å². The number of alkyl halides is 3. The van der Waals surface area contributed by atoms with Gasteiger partial charge in [-0.3, -0.25) is 9.63 Å². The van der Waals surface area contributed by atoms with Crippen molar-refractivity contribution in [1.29, 1.82) is 0 Å². The average molecular weight is 347 g/mol. The maximum atomic E-state index is 14.1. The lowest BCUT2D eigenvalue weighted by Crippen LogP contribution is -2.28. The zero-order valence-electron chi connectivity index (χ0n) is 12.7. The van der Waals surface area contributed by atoms with Crippen molar-refractivity contribution in [3.05, 3.63) is 35.5 Å². The number of hydrogen-bond donors (Lipinski definition) is 0. The van der Waals surface area contributed by atoms with Gasteiger partial charge in [0.05, 0.1) is 19.2 Å². The van der Waals surface area contributed by atoms with Crippen LogP contribution in [0, 0.1) is 5.82 Å². The molecule has 0 saturated heterocycles. The van der Waals surface area contributed by atoms with Crippen LogP contribution in [0.2, 0.25) is 0 Å². The lowest BCUT2D eigenvalue weighted by molar-refractivity contribution is -0.178. The van der Waals surface area contributed by atoms with Crippen LogP contribution in [-0.2, 0) is 22.4 Å². The van der Waals surface area contributed by atoms with Gasteiger partial charge in [0.2, 0.25) is 11.7 Å². The number of amides is 1. The minimum absolute atomic E-state index is 0.0135. The molecule has 0 unspecified atom stereocenters. The Balaban J connectivity index is 2.24. The first-order chi connectivity index (χ1) is 11.3. The van der Waals surface area contributed by atoms with Crippen molar-refractivity contribution >= 4 is 5.91 Å². The van der Waals surface area contributed by atoms with E-state index in [9.17, 15) is 22.4 Å². The quantitative estimate of drug-likeness (QED) is 0.614. The van der Waals surface area contributed by atoms with Crippen molar-refractivity contribution in [3.63, 3.8) is 0 Å². The third-order valence-electron chi connectivity index (χ3n) is 3.07. The van der Waals surface area contributed by atoms with E-state index in [0.29, 0.717) is 5.56 Å². The molecule has 1 amide bonds. The molecular formula is C14H13F4N3O3. The van der Waals surface area contributed by atoms with Gasteiger partial charge in [-0.1, -0.05) is 18.1 Å². The molecule has 0 radical (unpaired) electrons. The highest BCUT2D eigenvalue weighted by Gasteiger charge is 2.38. The maximum absolute atomic E-state index is 14.1. The maximum Gasteiger partial charge on any atom is 0.471 e. The number of carbonyl (C=O) groups is 1. The highest BCUT2D eigenvalue weighted by Crippen LogP contribution is 2.30. The Bertz CT molecular complexity index is 730. The summed E-state index contributed by atoms with van der Waals surface area (Å²) >= 11 is 0. The van der Waals surface area contributed by atoms with Crippen molar-refractivity contribution in [2.45, 2.75) is 26.1 Å². The molecule has 2 aromatic rings. The fraction of sp³-hybridized carbons (Fsp3) is 0.357. The van der Waals surface area contributed by atoms with Gasteiger partial charge in [-0.2, -0.15) is 18.2 Å². The summed E-state index contributed by atoms with van der Waals surface area (Å²) in [5.41, 5.74) is 0.142. The van der Waals surface area contributed by atoms with Gasteiger partial charge < -0.3 is 4.52 Å². The molecule has 0 aliphatic carbocycles. The molecule has 1 aromatic heterocycles. The number of hydrogen-bond acceptors (Lipinski definition) is 5. The van der Waals surface area contributed by atoms with Crippen molar-refractivity contribution in [2.24, 2.45) is 0 Å². The number of benzene rings is 1. The largest absolute Gasteiger partial charge is 0.471 e. The normalized spacial score (nSPS) is 11.6. The second-order valence-electron chi connectivity index (χ2n) is 4.70. The van der Waals surface area contributed by atoms with Gasteiger partial charge in [0.15, 0.2) is 0 Å². The second kappa shape index (κ2) is 6.95. The highest BCUT2D eigenvalue weighted by atomic mass is 19.4. The Morgan fingerprint density at radius 2 is 2.08 bits per heavy atom. The SMILES string of the molecule is CCC(=O)N(Cc1ccc(-c2noc(C(F)(F)F)n2)c(F)c1)OC. The molecule has 0 fully saturated rings. The number of hydroxylamine groups is 2. The summed E-state index contributed by atoms with van der Waals surface area (Å²) in [5, 5.41) is 4.17. The second-order valence-corrected chi connectivity index (χ2v) is 4.70. The van der Waals surface area contributed by atoms with Gasteiger partial charge in [-0.05, 0) is 17.7 Å². The van der Waals surface area contributed by atoms with E-state index in [-0.39, 0.29) is 24.4 Å². The van der Waals surface area contributed by atoms with Crippen LogP contribution in [0.25, 0.3) is 11.4 Å². The van der Waals surface area contributed by atoms with Crippen LogP contribution in [0.3, 0.4) is 0 Å². The molecular weight excluding hydrogens is 334 g/mol. The highest BCUT2D eigenvalue weighted by molar-refractivity contribution is 5.74. The molecule has 24 heavy (non-hydrogen) atoms. The third-order valence-corrected chi connectivity index (χ3v) is 3.07. The monoisotopic (exact) mass is 347 g/mol. The number of carbonyl (C=O) groups excluding carboxylic acids is 1. The predicted molar refractivity (Wildman–Crippen MR) is 72.5 cm³/mol. The Kier molecular flexibility index (Phi) is 5.17. The first-order valence-corrected chi connectivity index (χ1v) is 6.80. The van der Waals surface area contributed by atoms with Crippen molar-refractivity contribution in [3.8, 4) is 11.4 Å². The third kappa shape index (κ3) is 3.88. The van der Waals surface area contributed by atoms with Gasteiger partial charge in [-0.15, -0.1) is 0 Å². The van der Waals surface area contributed by atoms with Crippen LogP contribution >= 0.6 is 0 Å². The first kappa shape index (κ1) is 17.9. The zero-order valence-corrected chi connectivity index (χ0v) is 12.7. The molecule has 0 aliphatic heterocycles. The predicted octanol–water partition coefficient (Wildman–Crippen LogP) is 3.19. The number of halogens is 4. The Hall–Kier alpha value is -2.49. The minimum Gasteiger partial charge on any atom is -0.329 e. The van der Waals surface area contributed by atoms with E-state index >= 15 is 0 Å². The van der Waals surface area contributed by atoms with Crippen molar-refractivity contribution in [2.75, 3.05) is 7.11 Å². The summed E-state index contributed by atoms with van der Waals surface area (Å²) in [5.74, 6) is -3.21. The van der Waals surface area contributed by atoms with Crippen LogP contribution in [0.1, 0.15) is 24.8 Å². The number of rotatable bonds is 5. The smallest absolute Gasteiger partial charge is 0.329 e. The van der Waals surface area contributed by atoms with E-state index in [2.05, 4.69) is 14.7 Å². The van der Waals surface area contributed by atoms with Gasteiger partial charge in [0.1, 0.15) is 5.82 Å². The van der Waals surface area contributed by atoms with Gasteiger partial charge in [-0.25, -0.2) is 9.45 Å². The molecule has 0 bridgehead atoms. The Morgan fingerprint density at radius 1 is 1.38 bits per heavy atom. The summed E-state index contributed by atoms with van der Waals surface area (Å²) < 4.78 is 55.5. The molecule has 10 heteroatoms. The van der Waals surface area contributed by atoms with E-state index in [1.807, 2.05) is 0 Å². The summed E-state index contributed by atoms with van der Waals surface area (Å²) in [6, 6.07) is 3.70. The molecule has 130 valence electrons. The van der Waals surface area contributed by atoms with Crippen LogP contribution in [0.15, 0.2) is 22.7 Å². The molecule has 0 spiro atoms. The summed E-state index contributed by atoms with van der Waals surface area (Å²) in [6.45, 7) is 1.63. The molecule has 0 N–H and O–H groups in total. The minimum atomic E-state index is -4.80. The van der Waals surface area contributed by atoms with E-state index in [1.54, 1.807) is 6.92 Å². The topological polar surface area (TPSA) is 68.5 Å². The van der Waals surface area contributed by atoms with Crippen LogP contribution in [-0.4, -0.2) is 28.2 Å². The molecule has 0 atom stereocenters. The fourth-order valence-electron chi connectivity index (χ4n) is 1.88. The molecule has 6 nitrogen and oxygen atoms in total. The first-order valence-electron chi connectivity index (χ1n) is 6.80. The summed E-state index contributed by atoms with van der Waals surface area (Å²) in [4.78, 5) is 19.6. The fourth-order valence-corrected chi connectivity index (χ4v) is 1.88. The van der Waals surface area contributed by atoms with Gasteiger partial charge in [0.25, 0.3) is 0 Å². The Morgan fingerprint density at radius 3 is 2.58 bits per heavy atom. The van der Waals surface area contributed by atoms with Crippen molar-refractivity contribution in [1.82, 2.24) is 15.2 Å². The Labute approximate surface area is 134 Å². The number of nitrogens with zero attached hydrogens (tertiary/aromatic N) is 3. The summed E-state index contributed by atoms with van der Waals surface area (Å²) in [6.07, 6.45) is -4.60. The lowest BCUT2D eigenvalue weighted by atomic mass is 10.1. The number of aromatic nitrogens is 2. The van der Waals surface area contributed by atoms with Gasteiger partial charge >= 0.3 is 12.1 Å². The van der Waals surface area contributed by atoms with Crippen LogP contribution in [0.5, 0.6) is 0 Å². The van der Waals surface area contributed by atoms with Gasteiger partial charge in [0, 0.05) is 6.42 Å². The standard InChI is InChI=1S/C14H13F4N3O3/c1-3-11(22)21(23-2)7-8-4-5-9(10(15)6-8)12-19-13(24-20-12)14(16,17)18/h4-6H,3,7H2,1-2H3. The molecule has 2 rings (SSSR count). The van der Waals surface area contributed by atoms with Crippen LogP contribution in [0.4, 0.5) is 17.6 Å². The van der Waals surface area contributed by atoms with E-state index in [0.717, 1.165) is 11.1 Å². The van der Waals surface area contributed by atoms with E-state index < -0.39 is 23.7 Å².